The fourth-order valence-electron chi connectivity index (χ4n) is 3.05. The Hall–Kier alpha value is -3.28. The fourth-order valence-corrected chi connectivity index (χ4v) is 3.86. The van der Waals surface area contributed by atoms with Gasteiger partial charge in [-0.05, 0) is 18.2 Å². The van der Waals surface area contributed by atoms with E-state index in [4.69, 9.17) is 5.26 Å². The number of piperazine rings is 1. The summed E-state index contributed by atoms with van der Waals surface area (Å²) in [5.41, 5.74) is 3.48. The summed E-state index contributed by atoms with van der Waals surface area (Å²) in [6, 6.07) is 11.2. The summed E-state index contributed by atoms with van der Waals surface area (Å²) in [4.78, 5) is 23.6. The molecule has 3 heterocycles. The molecule has 7 nitrogen and oxygen atoms in total. The van der Waals surface area contributed by atoms with E-state index in [1.165, 1.54) is 11.3 Å². The molecule has 140 valence electrons. The highest BCUT2D eigenvalue weighted by molar-refractivity contribution is 7.13. The van der Waals surface area contributed by atoms with E-state index in [9.17, 15) is 4.79 Å². The monoisotopic (exact) mass is 390 g/mol. The van der Waals surface area contributed by atoms with Crippen LogP contribution in [0.15, 0.2) is 48.1 Å². The lowest BCUT2D eigenvalue weighted by Gasteiger charge is -2.30. The molecule has 8 heteroatoms. The first kappa shape index (κ1) is 18.1. The van der Waals surface area contributed by atoms with E-state index in [0.29, 0.717) is 16.9 Å². The van der Waals surface area contributed by atoms with Crippen LogP contribution < -0.4 is 15.5 Å². The van der Waals surface area contributed by atoms with Crippen molar-refractivity contribution in [2.45, 2.75) is 0 Å². The molecule has 3 aromatic rings. The van der Waals surface area contributed by atoms with E-state index >= 15 is 0 Å². The molecule has 1 amide bonds. The Morgan fingerprint density at radius 1 is 1.21 bits per heavy atom. The molecule has 28 heavy (non-hydrogen) atoms. The number of pyridine rings is 1. The third-order valence-corrected chi connectivity index (χ3v) is 5.39. The molecule has 1 saturated heterocycles. The van der Waals surface area contributed by atoms with Crippen molar-refractivity contribution in [2.24, 2.45) is 0 Å². The van der Waals surface area contributed by atoms with Crippen molar-refractivity contribution in [3.8, 4) is 16.6 Å². The van der Waals surface area contributed by atoms with E-state index < -0.39 is 0 Å². The molecule has 0 unspecified atom stereocenters. The molecule has 0 spiro atoms. The van der Waals surface area contributed by atoms with Gasteiger partial charge in [0.05, 0.1) is 29.2 Å². The van der Waals surface area contributed by atoms with Gasteiger partial charge in [0.1, 0.15) is 10.7 Å². The average Bonchev–Trinajstić information content (AvgIpc) is 3.25. The van der Waals surface area contributed by atoms with Gasteiger partial charge in [0.2, 0.25) is 0 Å². The molecule has 2 N–H and O–H groups in total. The second-order valence-corrected chi connectivity index (χ2v) is 7.17. The summed E-state index contributed by atoms with van der Waals surface area (Å²) < 4.78 is 0. The number of nitriles is 1. The van der Waals surface area contributed by atoms with E-state index in [1.54, 1.807) is 29.9 Å². The van der Waals surface area contributed by atoms with Crippen molar-refractivity contribution in [2.75, 3.05) is 36.4 Å². The van der Waals surface area contributed by atoms with Crippen molar-refractivity contribution in [1.82, 2.24) is 15.3 Å². The number of hydrogen-bond donors (Lipinski definition) is 2. The van der Waals surface area contributed by atoms with Crippen molar-refractivity contribution in [3.05, 3.63) is 59.4 Å². The minimum Gasteiger partial charge on any atom is -0.367 e. The van der Waals surface area contributed by atoms with Gasteiger partial charge >= 0.3 is 0 Å². The number of carbonyl (C=O) groups excluding carboxylic acids is 1. The normalized spacial score (nSPS) is 13.8. The first-order valence-electron chi connectivity index (χ1n) is 8.92. The van der Waals surface area contributed by atoms with Crippen molar-refractivity contribution >= 4 is 28.6 Å². The number of benzene rings is 1. The van der Waals surface area contributed by atoms with Gasteiger partial charge in [-0.25, -0.2) is 4.98 Å². The van der Waals surface area contributed by atoms with Gasteiger partial charge in [-0.3, -0.25) is 9.78 Å². The van der Waals surface area contributed by atoms with E-state index in [0.717, 1.165) is 42.4 Å². The SMILES string of the molecule is N#Cc1ccc(-c2nc(C(=O)Nc3cnccc3N3CCNCC3)cs2)cc1. The van der Waals surface area contributed by atoms with Crippen LogP contribution in [0.3, 0.4) is 0 Å². The zero-order chi connectivity index (χ0) is 19.3. The molecule has 0 bridgehead atoms. The van der Waals surface area contributed by atoms with Crippen LogP contribution in [0, 0.1) is 11.3 Å². The van der Waals surface area contributed by atoms with Gasteiger partial charge < -0.3 is 15.5 Å². The number of amides is 1. The number of hydrogen-bond acceptors (Lipinski definition) is 7. The first-order chi connectivity index (χ1) is 13.7. The highest BCUT2D eigenvalue weighted by atomic mass is 32.1. The lowest BCUT2D eigenvalue weighted by Crippen LogP contribution is -2.43. The molecule has 0 atom stereocenters. The van der Waals surface area contributed by atoms with Crippen molar-refractivity contribution in [1.29, 1.82) is 5.26 Å². The third kappa shape index (κ3) is 3.86. The summed E-state index contributed by atoms with van der Waals surface area (Å²) in [6.45, 7) is 3.59. The second-order valence-electron chi connectivity index (χ2n) is 6.31. The largest absolute Gasteiger partial charge is 0.367 e. The minimum atomic E-state index is -0.263. The summed E-state index contributed by atoms with van der Waals surface area (Å²) in [7, 11) is 0. The maximum absolute atomic E-state index is 12.7. The van der Waals surface area contributed by atoms with Crippen LogP contribution >= 0.6 is 11.3 Å². The number of anilines is 2. The van der Waals surface area contributed by atoms with Gasteiger partial charge in [-0.2, -0.15) is 5.26 Å². The highest BCUT2D eigenvalue weighted by Gasteiger charge is 2.18. The third-order valence-electron chi connectivity index (χ3n) is 4.50. The number of aromatic nitrogens is 2. The first-order valence-corrected chi connectivity index (χ1v) is 9.79. The van der Waals surface area contributed by atoms with Gasteiger partial charge in [-0.1, -0.05) is 12.1 Å². The lowest BCUT2D eigenvalue weighted by molar-refractivity contribution is 0.102. The number of carbonyl (C=O) groups is 1. The van der Waals surface area contributed by atoms with Gasteiger partial charge in [0.15, 0.2) is 0 Å². The predicted octanol–water partition coefficient (Wildman–Crippen LogP) is 2.74. The van der Waals surface area contributed by atoms with Crippen molar-refractivity contribution < 1.29 is 4.79 Å². The highest BCUT2D eigenvalue weighted by Crippen LogP contribution is 2.27. The van der Waals surface area contributed by atoms with Crippen molar-refractivity contribution in [3.63, 3.8) is 0 Å². The van der Waals surface area contributed by atoms with E-state index in [-0.39, 0.29) is 5.91 Å². The fraction of sp³-hybridized carbons (Fsp3) is 0.200. The van der Waals surface area contributed by atoms with E-state index in [1.807, 2.05) is 18.2 Å². The topological polar surface area (TPSA) is 93.9 Å². The zero-order valence-electron chi connectivity index (χ0n) is 15.1. The number of nitrogens with zero attached hydrogens (tertiary/aromatic N) is 4. The van der Waals surface area contributed by atoms with Crippen LogP contribution in [-0.4, -0.2) is 42.1 Å². The van der Waals surface area contributed by atoms with Crippen LogP contribution in [0.25, 0.3) is 10.6 Å². The standard InChI is InChI=1S/C20H18N6OS/c21-11-14-1-3-15(4-2-14)20-25-17(13-28-20)19(27)24-16-12-23-6-5-18(16)26-9-7-22-8-10-26/h1-6,12-13,22H,7-10H2,(H,24,27). The molecule has 0 aliphatic carbocycles. The molecule has 0 saturated carbocycles. The summed E-state index contributed by atoms with van der Waals surface area (Å²) in [5.74, 6) is -0.263. The molecular weight excluding hydrogens is 372 g/mol. The maximum atomic E-state index is 12.7. The molecule has 4 rings (SSSR count). The van der Waals surface area contributed by atoms with Crippen LogP contribution in [0.4, 0.5) is 11.4 Å². The molecule has 0 radical (unpaired) electrons. The quantitative estimate of drug-likeness (QED) is 0.711. The molecule has 1 aliphatic heterocycles. The average molecular weight is 390 g/mol. The summed E-state index contributed by atoms with van der Waals surface area (Å²) >= 11 is 1.40. The van der Waals surface area contributed by atoms with Crippen LogP contribution in [0.1, 0.15) is 16.1 Å². The summed E-state index contributed by atoms with van der Waals surface area (Å²) in [5, 5.41) is 17.7. The van der Waals surface area contributed by atoms with E-state index in [2.05, 4.69) is 31.6 Å². The Balaban J connectivity index is 1.52. The molecular formula is C20H18N6OS. The Morgan fingerprint density at radius 2 is 2.00 bits per heavy atom. The van der Waals surface area contributed by atoms with Gasteiger partial charge in [0.25, 0.3) is 5.91 Å². The Morgan fingerprint density at radius 3 is 2.75 bits per heavy atom. The van der Waals surface area contributed by atoms with Gasteiger partial charge in [-0.15, -0.1) is 11.3 Å². The zero-order valence-corrected chi connectivity index (χ0v) is 15.9. The van der Waals surface area contributed by atoms with Crippen LogP contribution in [-0.2, 0) is 0 Å². The minimum absolute atomic E-state index is 0.263. The van der Waals surface area contributed by atoms with Crippen LogP contribution in [0.2, 0.25) is 0 Å². The number of rotatable bonds is 4. The smallest absolute Gasteiger partial charge is 0.275 e. The second kappa shape index (κ2) is 8.17. The number of nitrogens with one attached hydrogen (secondary N) is 2. The molecule has 1 fully saturated rings. The Bertz CT molecular complexity index is 1020. The van der Waals surface area contributed by atoms with Gasteiger partial charge in [0, 0.05) is 43.3 Å². The predicted molar refractivity (Wildman–Crippen MR) is 110 cm³/mol. The summed E-state index contributed by atoms with van der Waals surface area (Å²) in [6.07, 6.45) is 3.40. The lowest BCUT2D eigenvalue weighted by atomic mass is 10.1. The molecule has 1 aliphatic rings. The Labute approximate surface area is 166 Å². The van der Waals surface area contributed by atoms with Crippen LogP contribution in [0.5, 0.6) is 0 Å². The molecule has 1 aromatic carbocycles. The number of thiazole rings is 1. The maximum Gasteiger partial charge on any atom is 0.275 e. The molecule has 2 aromatic heterocycles. The Kier molecular flexibility index (Phi) is 5.28.